The third kappa shape index (κ3) is 3.08. The average molecular weight is 394 g/mol. The number of aryl methyl sites for hydroxylation is 1. The summed E-state index contributed by atoms with van der Waals surface area (Å²) < 4.78 is 25.2. The first kappa shape index (κ1) is 18.1. The summed E-state index contributed by atoms with van der Waals surface area (Å²) in [6.45, 7) is -0.0518. The van der Waals surface area contributed by atoms with E-state index in [1.807, 2.05) is 0 Å². The summed E-state index contributed by atoms with van der Waals surface area (Å²) in [6.07, 6.45) is 1.09. The molecule has 0 amide bonds. The van der Waals surface area contributed by atoms with Crippen LogP contribution in [0.25, 0.3) is 10.2 Å². The molecular weight excluding hydrogens is 380 g/mol. The largest absolute Gasteiger partial charge is 0.477 e. The molecule has 0 fully saturated rings. The number of carboxylic acids is 1. The number of thiophene rings is 1. The van der Waals surface area contributed by atoms with E-state index in [0.29, 0.717) is 10.4 Å². The lowest BCUT2D eigenvalue weighted by Crippen LogP contribution is -2.38. The van der Waals surface area contributed by atoms with Crippen LogP contribution in [-0.4, -0.2) is 34.9 Å². The van der Waals surface area contributed by atoms with E-state index in [-0.39, 0.29) is 21.7 Å². The summed E-state index contributed by atoms with van der Waals surface area (Å²) in [5.74, 6) is -1.17. The van der Waals surface area contributed by atoms with E-state index in [1.54, 1.807) is 0 Å². The van der Waals surface area contributed by atoms with Gasteiger partial charge in [0.15, 0.2) is 9.84 Å². The zero-order chi connectivity index (χ0) is 19.2. The third-order valence-electron chi connectivity index (χ3n) is 3.91. The van der Waals surface area contributed by atoms with Crippen molar-refractivity contribution in [3.8, 4) is 0 Å². The van der Waals surface area contributed by atoms with Gasteiger partial charge in [0.25, 0.3) is 5.56 Å². The summed E-state index contributed by atoms with van der Waals surface area (Å²) in [5, 5.41) is 9.25. The minimum Gasteiger partial charge on any atom is -0.477 e. The molecule has 3 aromatic rings. The second-order valence-corrected chi connectivity index (χ2v) is 8.83. The Bertz CT molecular complexity index is 1250. The quantitative estimate of drug-likeness (QED) is 0.703. The number of hydrogen-bond acceptors (Lipinski definition) is 6. The molecule has 136 valence electrons. The molecule has 0 atom stereocenters. The van der Waals surface area contributed by atoms with Gasteiger partial charge in [-0.1, -0.05) is 12.1 Å². The predicted molar refractivity (Wildman–Crippen MR) is 96.9 cm³/mol. The van der Waals surface area contributed by atoms with Crippen molar-refractivity contribution < 1.29 is 18.3 Å². The van der Waals surface area contributed by atoms with E-state index in [2.05, 4.69) is 0 Å². The Hall–Kier alpha value is -2.72. The minimum atomic E-state index is -3.34. The molecule has 2 heterocycles. The van der Waals surface area contributed by atoms with Crippen molar-refractivity contribution in [2.45, 2.75) is 11.4 Å². The van der Waals surface area contributed by atoms with Crippen LogP contribution in [0, 0.1) is 0 Å². The molecule has 0 spiro atoms. The second kappa shape index (κ2) is 6.22. The first-order chi connectivity index (χ1) is 12.1. The average Bonchev–Trinajstić information content (AvgIpc) is 3.02. The molecule has 3 rings (SSSR count). The van der Waals surface area contributed by atoms with Crippen molar-refractivity contribution in [1.29, 1.82) is 0 Å². The number of aromatic nitrogens is 2. The fraction of sp³-hybridized carbons (Fsp3) is 0.188. The maximum absolute atomic E-state index is 12.6. The van der Waals surface area contributed by atoms with Gasteiger partial charge in [-0.05, 0) is 23.8 Å². The molecule has 0 saturated carbocycles. The van der Waals surface area contributed by atoms with Crippen LogP contribution in [0.5, 0.6) is 0 Å². The number of rotatable bonds is 4. The number of sulfone groups is 1. The molecule has 0 aliphatic rings. The van der Waals surface area contributed by atoms with Crippen molar-refractivity contribution in [1.82, 2.24) is 9.13 Å². The van der Waals surface area contributed by atoms with Gasteiger partial charge in [0.1, 0.15) is 9.71 Å². The molecule has 2 aromatic heterocycles. The van der Waals surface area contributed by atoms with Crippen molar-refractivity contribution in [3.05, 3.63) is 61.6 Å². The molecule has 0 bridgehead atoms. The molecule has 0 aliphatic heterocycles. The Morgan fingerprint density at radius 3 is 2.35 bits per heavy atom. The SMILES string of the molecule is Cn1c(=O)n(Cc2ccc(S(C)(=O)=O)cc2)c(=O)c2cc(C(=O)O)sc21. The number of aromatic carboxylic acids is 1. The molecule has 0 saturated heterocycles. The molecule has 0 unspecified atom stereocenters. The zero-order valence-corrected chi connectivity index (χ0v) is 15.4. The second-order valence-electron chi connectivity index (χ2n) is 5.78. The monoisotopic (exact) mass is 394 g/mol. The molecule has 0 aliphatic carbocycles. The third-order valence-corrected chi connectivity index (χ3v) is 6.24. The molecule has 8 nitrogen and oxygen atoms in total. The maximum atomic E-state index is 12.6. The Labute approximate surface area is 151 Å². The Morgan fingerprint density at radius 1 is 1.19 bits per heavy atom. The zero-order valence-electron chi connectivity index (χ0n) is 13.8. The minimum absolute atomic E-state index is 0.0256. The normalized spacial score (nSPS) is 11.8. The molecule has 10 heteroatoms. The smallest absolute Gasteiger partial charge is 0.345 e. The van der Waals surface area contributed by atoms with Crippen molar-refractivity contribution in [2.75, 3.05) is 6.26 Å². The van der Waals surface area contributed by atoms with Crippen LogP contribution in [0.15, 0.2) is 44.8 Å². The summed E-state index contributed by atoms with van der Waals surface area (Å²) >= 11 is 0.863. The summed E-state index contributed by atoms with van der Waals surface area (Å²) in [5.41, 5.74) is -0.586. The van der Waals surface area contributed by atoms with Gasteiger partial charge in [-0.2, -0.15) is 0 Å². The van der Waals surface area contributed by atoms with E-state index in [9.17, 15) is 22.8 Å². The molecule has 1 aromatic carbocycles. The van der Waals surface area contributed by atoms with Gasteiger partial charge in [-0.25, -0.2) is 18.0 Å². The van der Waals surface area contributed by atoms with Gasteiger partial charge in [0, 0.05) is 13.3 Å². The van der Waals surface area contributed by atoms with Crippen LogP contribution in [0.2, 0.25) is 0 Å². The number of fused-ring (bicyclic) bond motifs is 1. The van der Waals surface area contributed by atoms with Crippen molar-refractivity contribution in [3.63, 3.8) is 0 Å². The van der Waals surface area contributed by atoms with E-state index in [0.717, 1.165) is 22.2 Å². The molecule has 26 heavy (non-hydrogen) atoms. The van der Waals surface area contributed by atoms with Crippen LogP contribution in [0.3, 0.4) is 0 Å². The number of carboxylic acid groups (broad SMARTS) is 1. The highest BCUT2D eigenvalue weighted by Crippen LogP contribution is 2.21. The summed E-state index contributed by atoms with van der Waals surface area (Å²) in [4.78, 5) is 36.7. The fourth-order valence-electron chi connectivity index (χ4n) is 2.55. The topological polar surface area (TPSA) is 115 Å². The number of hydrogen-bond donors (Lipinski definition) is 1. The van der Waals surface area contributed by atoms with Crippen LogP contribution < -0.4 is 11.2 Å². The van der Waals surface area contributed by atoms with Gasteiger partial charge in [-0.15, -0.1) is 11.3 Å². The van der Waals surface area contributed by atoms with Gasteiger partial charge >= 0.3 is 11.7 Å². The number of nitrogens with zero attached hydrogens (tertiary/aromatic N) is 2. The molecule has 1 N–H and O–H groups in total. The highest BCUT2D eigenvalue weighted by molar-refractivity contribution is 7.90. The molecule has 0 radical (unpaired) electrons. The Balaban J connectivity index is 2.12. The van der Waals surface area contributed by atoms with Gasteiger partial charge in [0.2, 0.25) is 0 Å². The van der Waals surface area contributed by atoms with Gasteiger partial charge in [0.05, 0.1) is 16.8 Å². The van der Waals surface area contributed by atoms with E-state index < -0.39 is 27.1 Å². The lowest BCUT2D eigenvalue weighted by atomic mass is 10.2. The lowest BCUT2D eigenvalue weighted by Gasteiger charge is -2.09. The van der Waals surface area contributed by atoms with Crippen molar-refractivity contribution >= 4 is 37.4 Å². The Morgan fingerprint density at radius 2 is 1.81 bits per heavy atom. The summed E-state index contributed by atoms with van der Waals surface area (Å²) in [6, 6.07) is 7.14. The summed E-state index contributed by atoms with van der Waals surface area (Å²) in [7, 11) is -1.87. The number of benzene rings is 1. The highest BCUT2D eigenvalue weighted by atomic mass is 32.2. The maximum Gasteiger partial charge on any atom is 0.345 e. The van der Waals surface area contributed by atoms with E-state index in [1.165, 1.54) is 41.9 Å². The van der Waals surface area contributed by atoms with Gasteiger partial charge < -0.3 is 5.11 Å². The first-order valence-electron chi connectivity index (χ1n) is 7.35. The molecular formula is C16H14N2O6S2. The van der Waals surface area contributed by atoms with Crippen LogP contribution in [0.1, 0.15) is 15.2 Å². The number of carbonyl (C=O) groups is 1. The van der Waals surface area contributed by atoms with E-state index in [4.69, 9.17) is 5.11 Å². The standard InChI is InChI=1S/C16H14N2O6S2/c1-17-14-11(7-12(25-14)15(20)21)13(19)18(16(17)22)8-9-3-5-10(6-4-9)26(2,23)24/h3-7H,8H2,1-2H3,(H,20,21). The highest BCUT2D eigenvalue weighted by Gasteiger charge is 2.17. The van der Waals surface area contributed by atoms with E-state index >= 15 is 0 Å². The van der Waals surface area contributed by atoms with Crippen LogP contribution in [-0.2, 0) is 23.4 Å². The van der Waals surface area contributed by atoms with Crippen LogP contribution >= 0.6 is 11.3 Å². The predicted octanol–water partition coefficient (Wildman–Crippen LogP) is 0.912. The first-order valence-corrected chi connectivity index (χ1v) is 10.1. The van der Waals surface area contributed by atoms with Crippen LogP contribution in [0.4, 0.5) is 0 Å². The fourth-order valence-corrected chi connectivity index (χ4v) is 4.13. The van der Waals surface area contributed by atoms with Gasteiger partial charge in [-0.3, -0.25) is 13.9 Å². The van der Waals surface area contributed by atoms with Crippen molar-refractivity contribution in [2.24, 2.45) is 7.05 Å². The lowest BCUT2D eigenvalue weighted by molar-refractivity contribution is 0.0702. The Kier molecular flexibility index (Phi) is 4.32.